The van der Waals surface area contributed by atoms with Gasteiger partial charge in [0.1, 0.15) is 6.54 Å². The van der Waals surface area contributed by atoms with Crippen LogP contribution in [0.4, 0.5) is 0 Å². The maximum absolute atomic E-state index is 12.7. The number of likely N-dealkylation sites (tertiary alicyclic amines) is 1. The fourth-order valence-corrected chi connectivity index (χ4v) is 3.83. The highest BCUT2D eigenvalue weighted by atomic mass is 35.5. The topological polar surface area (TPSA) is 70.5 Å². The van der Waals surface area contributed by atoms with E-state index >= 15 is 0 Å². The van der Waals surface area contributed by atoms with Crippen molar-refractivity contribution >= 4 is 29.2 Å². The molecule has 1 aromatic carbocycles. The summed E-state index contributed by atoms with van der Waals surface area (Å²) in [5.41, 5.74) is 0.598. The van der Waals surface area contributed by atoms with Crippen LogP contribution >= 0.6 is 12.4 Å². The van der Waals surface area contributed by atoms with Gasteiger partial charge in [0.15, 0.2) is 0 Å². The highest BCUT2D eigenvalue weighted by molar-refractivity contribution is 5.85. The molecular formula is C18H24ClN5O2. The zero-order chi connectivity index (χ0) is 17.2. The third kappa shape index (κ3) is 3.75. The first-order valence-electron chi connectivity index (χ1n) is 8.90. The smallest absolute Gasteiger partial charge is 0.244 e. The highest BCUT2D eigenvalue weighted by Gasteiger charge is 2.31. The number of aromatic nitrogens is 2. The van der Waals surface area contributed by atoms with Gasteiger partial charge in [0.25, 0.3) is 0 Å². The number of nitrogens with zero attached hydrogens (tertiary/aromatic N) is 4. The number of hydrogen-bond donors (Lipinski definition) is 1. The van der Waals surface area contributed by atoms with E-state index in [-0.39, 0.29) is 30.3 Å². The molecule has 26 heavy (non-hydrogen) atoms. The van der Waals surface area contributed by atoms with Gasteiger partial charge in [-0.15, -0.1) is 12.4 Å². The normalized spacial score (nSPS) is 20.9. The standard InChI is InChI=1S/C18H23N5O2.ClH/c24-17-11-20-23(16-4-2-1-3-15(16)17)13-18(25)22-8-5-14(12-22)21-9-6-19-7-10-21;/h1-4,11,14,19H,5-10,12-13H2;1H. The maximum atomic E-state index is 12.7. The summed E-state index contributed by atoms with van der Waals surface area (Å²) >= 11 is 0. The Bertz CT molecular complexity index is 834. The van der Waals surface area contributed by atoms with Crippen LogP contribution in [0.2, 0.25) is 0 Å². The molecule has 0 saturated carbocycles. The number of rotatable bonds is 3. The third-order valence-electron chi connectivity index (χ3n) is 5.23. The quantitative estimate of drug-likeness (QED) is 0.834. The second-order valence-electron chi connectivity index (χ2n) is 6.75. The van der Waals surface area contributed by atoms with Gasteiger partial charge in [-0.05, 0) is 18.6 Å². The largest absolute Gasteiger partial charge is 0.339 e. The van der Waals surface area contributed by atoms with Gasteiger partial charge < -0.3 is 10.2 Å². The number of nitrogens with one attached hydrogen (secondary N) is 1. The van der Waals surface area contributed by atoms with Crippen LogP contribution in [0.25, 0.3) is 10.9 Å². The molecule has 1 atom stereocenters. The number of para-hydroxylation sites is 1. The lowest BCUT2D eigenvalue weighted by molar-refractivity contribution is -0.131. The van der Waals surface area contributed by atoms with Crippen molar-refractivity contribution in [1.82, 2.24) is 24.9 Å². The van der Waals surface area contributed by atoms with Crippen molar-refractivity contribution in [2.75, 3.05) is 39.3 Å². The fraction of sp³-hybridized carbons (Fsp3) is 0.500. The molecule has 0 aliphatic carbocycles. The molecule has 1 N–H and O–H groups in total. The summed E-state index contributed by atoms with van der Waals surface area (Å²) in [6.45, 7) is 5.92. The van der Waals surface area contributed by atoms with Gasteiger partial charge in [0.05, 0.1) is 11.7 Å². The Kier molecular flexibility index (Phi) is 5.90. The number of fused-ring (bicyclic) bond motifs is 1. The van der Waals surface area contributed by atoms with Crippen molar-refractivity contribution in [1.29, 1.82) is 0 Å². The predicted molar refractivity (Wildman–Crippen MR) is 103 cm³/mol. The van der Waals surface area contributed by atoms with Gasteiger partial charge in [-0.1, -0.05) is 12.1 Å². The minimum atomic E-state index is -0.112. The molecule has 2 aliphatic heterocycles. The molecule has 1 unspecified atom stereocenters. The van der Waals surface area contributed by atoms with Gasteiger partial charge >= 0.3 is 0 Å². The monoisotopic (exact) mass is 377 g/mol. The molecule has 4 rings (SSSR count). The first-order chi connectivity index (χ1) is 12.2. The molecule has 140 valence electrons. The van der Waals surface area contributed by atoms with Crippen LogP contribution in [0.1, 0.15) is 6.42 Å². The summed E-state index contributed by atoms with van der Waals surface area (Å²) in [4.78, 5) is 29.1. The number of halogens is 1. The van der Waals surface area contributed by atoms with Crippen LogP contribution in [0.3, 0.4) is 0 Å². The van der Waals surface area contributed by atoms with Crippen LogP contribution in [0.15, 0.2) is 35.3 Å². The van der Waals surface area contributed by atoms with Crippen molar-refractivity contribution < 1.29 is 4.79 Å². The van der Waals surface area contributed by atoms with Crippen LogP contribution in [0.5, 0.6) is 0 Å². The van der Waals surface area contributed by atoms with Gasteiger partial charge in [0.2, 0.25) is 11.3 Å². The van der Waals surface area contributed by atoms with Crippen LogP contribution in [0, 0.1) is 0 Å². The molecule has 8 heteroatoms. The third-order valence-corrected chi connectivity index (χ3v) is 5.23. The molecule has 1 aromatic heterocycles. The lowest BCUT2D eigenvalue weighted by Gasteiger charge is -2.32. The highest BCUT2D eigenvalue weighted by Crippen LogP contribution is 2.17. The number of benzene rings is 1. The molecule has 7 nitrogen and oxygen atoms in total. The second-order valence-corrected chi connectivity index (χ2v) is 6.75. The van der Waals surface area contributed by atoms with E-state index in [9.17, 15) is 9.59 Å². The molecule has 2 aromatic rings. The number of carbonyl (C=O) groups excluding carboxylic acids is 1. The van der Waals surface area contributed by atoms with Gasteiger partial charge in [-0.2, -0.15) is 5.10 Å². The Morgan fingerprint density at radius 1 is 1.19 bits per heavy atom. The van der Waals surface area contributed by atoms with Gasteiger partial charge in [-0.25, -0.2) is 0 Å². The van der Waals surface area contributed by atoms with Gasteiger partial charge in [-0.3, -0.25) is 19.2 Å². The van der Waals surface area contributed by atoms with E-state index in [1.165, 1.54) is 6.20 Å². The minimum Gasteiger partial charge on any atom is -0.339 e. The summed E-state index contributed by atoms with van der Waals surface area (Å²) in [5, 5.41) is 8.13. The predicted octanol–water partition coefficient (Wildman–Crippen LogP) is 0.324. The lowest BCUT2D eigenvalue weighted by Crippen LogP contribution is -2.49. The molecule has 2 fully saturated rings. The summed E-state index contributed by atoms with van der Waals surface area (Å²) in [6, 6.07) is 7.76. The van der Waals surface area contributed by atoms with E-state index < -0.39 is 0 Å². The fourth-order valence-electron chi connectivity index (χ4n) is 3.83. The van der Waals surface area contributed by atoms with Crippen molar-refractivity contribution in [3.8, 4) is 0 Å². The summed E-state index contributed by atoms with van der Waals surface area (Å²) in [6.07, 6.45) is 2.33. The number of piperazine rings is 1. The van der Waals surface area contributed by atoms with E-state index in [0.717, 1.165) is 45.7 Å². The minimum absolute atomic E-state index is 0. The summed E-state index contributed by atoms with van der Waals surface area (Å²) in [7, 11) is 0. The number of carbonyl (C=O) groups is 1. The average molecular weight is 378 g/mol. The molecule has 1 amide bonds. The average Bonchev–Trinajstić information content (AvgIpc) is 3.15. The van der Waals surface area contributed by atoms with Crippen molar-refractivity contribution in [3.05, 3.63) is 40.7 Å². The first kappa shape index (κ1) is 18.8. The van der Waals surface area contributed by atoms with E-state index in [2.05, 4.69) is 15.3 Å². The number of amides is 1. The van der Waals surface area contributed by atoms with Crippen molar-refractivity contribution in [2.45, 2.75) is 19.0 Å². The van der Waals surface area contributed by atoms with E-state index in [1.807, 2.05) is 23.1 Å². The molecule has 2 aliphatic rings. The SMILES string of the molecule is Cl.O=C(Cn1ncc(=O)c2ccccc21)N1CCC(N2CCNCC2)C1. The molecule has 0 spiro atoms. The molecule has 2 saturated heterocycles. The molecule has 3 heterocycles. The summed E-state index contributed by atoms with van der Waals surface area (Å²) in [5.74, 6) is 0.0685. The Morgan fingerprint density at radius 2 is 1.96 bits per heavy atom. The van der Waals surface area contributed by atoms with E-state index in [4.69, 9.17) is 0 Å². The Hall–Kier alpha value is -1.96. The van der Waals surface area contributed by atoms with E-state index in [1.54, 1.807) is 10.7 Å². The van der Waals surface area contributed by atoms with Crippen LogP contribution in [-0.2, 0) is 11.3 Å². The van der Waals surface area contributed by atoms with Gasteiger partial charge in [0, 0.05) is 50.7 Å². The number of hydrogen-bond acceptors (Lipinski definition) is 5. The zero-order valence-electron chi connectivity index (χ0n) is 14.6. The second kappa shape index (κ2) is 8.16. The van der Waals surface area contributed by atoms with E-state index in [0.29, 0.717) is 16.9 Å². The van der Waals surface area contributed by atoms with Crippen molar-refractivity contribution in [2.24, 2.45) is 0 Å². The lowest BCUT2D eigenvalue weighted by atomic mass is 10.2. The molecular weight excluding hydrogens is 354 g/mol. The maximum Gasteiger partial charge on any atom is 0.244 e. The summed E-state index contributed by atoms with van der Waals surface area (Å²) < 4.78 is 1.64. The Labute approximate surface area is 158 Å². The Balaban J connectivity index is 0.00000196. The van der Waals surface area contributed by atoms with Crippen LogP contribution in [-0.4, -0.2) is 70.8 Å². The van der Waals surface area contributed by atoms with Crippen molar-refractivity contribution in [3.63, 3.8) is 0 Å². The molecule has 0 radical (unpaired) electrons. The first-order valence-corrected chi connectivity index (χ1v) is 8.90. The van der Waals surface area contributed by atoms with Crippen LogP contribution < -0.4 is 10.7 Å². The molecule has 0 bridgehead atoms. The Morgan fingerprint density at radius 3 is 2.77 bits per heavy atom. The zero-order valence-corrected chi connectivity index (χ0v) is 15.5.